The van der Waals surface area contributed by atoms with Gasteiger partial charge in [0.05, 0.1) is 22.3 Å². The molecule has 6 aromatic rings. The standard InChI is InChI=1S/C36H18F12.H3O4P/c37-33(38,39)25-11-23(12-26(17-25)34(40,41)42)21-9-19-5-1-3-7-29(19)31(15-21)32-16-22(10-20-6-2-4-8-30(20)32)24-13-27(35(43,44)45)18-28(14-24)36(46,47)48;1-5(2,3)4/h1-18H;(H3,1,2,3,4). The second kappa shape index (κ2) is 13.8. The summed E-state index contributed by atoms with van der Waals surface area (Å²) in [4.78, 5) is 21.6. The van der Waals surface area contributed by atoms with Crippen LogP contribution in [0.1, 0.15) is 22.3 Å². The highest BCUT2D eigenvalue weighted by Gasteiger charge is 2.38. The fourth-order valence-corrected chi connectivity index (χ4v) is 5.64. The third-order valence-corrected chi connectivity index (χ3v) is 7.86. The van der Waals surface area contributed by atoms with Gasteiger partial charge in [0, 0.05) is 0 Å². The van der Waals surface area contributed by atoms with Crippen LogP contribution in [0.5, 0.6) is 0 Å². The van der Waals surface area contributed by atoms with Crippen molar-refractivity contribution in [2.75, 3.05) is 0 Å². The molecule has 278 valence electrons. The van der Waals surface area contributed by atoms with E-state index in [2.05, 4.69) is 0 Å². The molecule has 0 spiro atoms. The van der Waals surface area contributed by atoms with Gasteiger partial charge in [-0.05, 0) is 116 Å². The zero-order chi connectivity index (χ0) is 39.3. The van der Waals surface area contributed by atoms with E-state index in [1.165, 1.54) is 24.3 Å². The molecule has 0 aliphatic carbocycles. The monoisotopic (exact) mass is 776 g/mol. The Bertz CT molecular complexity index is 2140. The van der Waals surface area contributed by atoms with Gasteiger partial charge in [0.1, 0.15) is 0 Å². The van der Waals surface area contributed by atoms with E-state index in [4.69, 9.17) is 19.2 Å². The molecule has 17 heteroatoms. The molecule has 6 aromatic carbocycles. The van der Waals surface area contributed by atoms with Gasteiger partial charge >= 0.3 is 32.5 Å². The van der Waals surface area contributed by atoms with Crippen LogP contribution in [-0.4, -0.2) is 14.7 Å². The maximum Gasteiger partial charge on any atom is 0.466 e. The van der Waals surface area contributed by atoms with E-state index in [1.54, 1.807) is 48.5 Å². The van der Waals surface area contributed by atoms with Crippen molar-refractivity contribution in [3.8, 4) is 33.4 Å². The summed E-state index contributed by atoms with van der Waals surface area (Å²) in [6, 6.07) is 20.7. The molecule has 0 fully saturated rings. The van der Waals surface area contributed by atoms with Crippen molar-refractivity contribution >= 4 is 29.4 Å². The average Bonchev–Trinajstić information content (AvgIpc) is 3.04. The highest BCUT2D eigenvalue weighted by atomic mass is 31.2. The van der Waals surface area contributed by atoms with E-state index < -0.39 is 65.9 Å². The summed E-state index contributed by atoms with van der Waals surface area (Å²) in [6.07, 6.45) is -20.4. The number of rotatable bonds is 3. The van der Waals surface area contributed by atoms with Gasteiger partial charge in [0.25, 0.3) is 0 Å². The average molecular weight is 777 g/mol. The molecule has 0 aliphatic rings. The van der Waals surface area contributed by atoms with Crippen molar-refractivity contribution in [2.24, 2.45) is 0 Å². The minimum Gasteiger partial charge on any atom is -0.303 e. The number of hydrogen-bond acceptors (Lipinski definition) is 1. The van der Waals surface area contributed by atoms with Crippen LogP contribution in [0, 0.1) is 0 Å². The number of halogens is 12. The molecule has 0 bridgehead atoms. The van der Waals surface area contributed by atoms with Crippen LogP contribution in [0.15, 0.2) is 109 Å². The van der Waals surface area contributed by atoms with E-state index in [9.17, 15) is 52.7 Å². The Morgan fingerprint density at radius 3 is 0.887 bits per heavy atom. The normalized spacial score (nSPS) is 12.9. The van der Waals surface area contributed by atoms with Crippen molar-refractivity contribution in [2.45, 2.75) is 24.7 Å². The molecule has 0 atom stereocenters. The van der Waals surface area contributed by atoms with Crippen molar-refractivity contribution in [1.82, 2.24) is 0 Å². The van der Waals surface area contributed by atoms with Crippen LogP contribution < -0.4 is 0 Å². The Balaban J connectivity index is 0.00000101. The SMILES string of the molecule is FC(F)(F)c1cc(-c2cc(-c3cc(-c4cc(C(F)(F)F)cc(C(F)(F)F)c4)cc4ccccc34)c3ccccc3c2)cc(C(F)(F)F)c1.O=P(O)(O)O. The lowest BCUT2D eigenvalue weighted by Gasteiger charge is -2.18. The number of alkyl halides is 12. The van der Waals surface area contributed by atoms with Crippen LogP contribution >= 0.6 is 7.82 Å². The summed E-state index contributed by atoms with van der Waals surface area (Å²) in [5.74, 6) is 0. The minimum absolute atomic E-state index is 0.00666. The number of fused-ring (bicyclic) bond motifs is 2. The topological polar surface area (TPSA) is 77.8 Å². The van der Waals surface area contributed by atoms with Crippen LogP contribution in [-0.2, 0) is 29.3 Å². The summed E-state index contributed by atoms with van der Waals surface area (Å²) in [5.41, 5.74) is -6.45. The zero-order valence-corrected chi connectivity index (χ0v) is 27.0. The second-order valence-electron chi connectivity index (χ2n) is 11.6. The first kappa shape index (κ1) is 39.3. The van der Waals surface area contributed by atoms with E-state index >= 15 is 0 Å². The maximum absolute atomic E-state index is 13.7. The van der Waals surface area contributed by atoms with E-state index in [-0.39, 0.29) is 34.4 Å². The molecule has 3 N–H and O–H groups in total. The largest absolute Gasteiger partial charge is 0.466 e. The molecule has 0 heterocycles. The Morgan fingerprint density at radius 2 is 0.623 bits per heavy atom. The molecule has 0 unspecified atom stereocenters. The van der Waals surface area contributed by atoms with Crippen molar-refractivity contribution in [3.63, 3.8) is 0 Å². The summed E-state index contributed by atoms with van der Waals surface area (Å²) < 4.78 is 174. The molecule has 53 heavy (non-hydrogen) atoms. The van der Waals surface area contributed by atoms with Crippen molar-refractivity contribution in [3.05, 3.63) is 131 Å². The Morgan fingerprint density at radius 1 is 0.377 bits per heavy atom. The van der Waals surface area contributed by atoms with Crippen LogP contribution in [0.3, 0.4) is 0 Å². The first-order valence-corrected chi connectivity index (χ1v) is 16.3. The molecule has 0 aliphatic heterocycles. The Labute approximate surface area is 290 Å². The maximum atomic E-state index is 13.7. The van der Waals surface area contributed by atoms with Gasteiger partial charge in [-0.1, -0.05) is 48.5 Å². The molecular formula is C36H21F12O4P. The summed E-state index contributed by atoms with van der Waals surface area (Å²) >= 11 is 0. The van der Waals surface area contributed by atoms with Gasteiger partial charge in [0.15, 0.2) is 0 Å². The molecule has 0 saturated heterocycles. The van der Waals surface area contributed by atoms with Gasteiger partial charge in [0.2, 0.25) is 0 Å². The predicted molar refractivity (Wildman–Crippen MR) is 172 cm³/mol. The third kappa shape index (κ3) is 9.38. The minimum atomic E-state index is -5.11. The molecule has 0 radical (unpaired) electrons. The van der Waals surface area contributed by atoms with Gasteiger partial charge in [-0.3, -0.25) is 0 Å². The van der Waals surface area contributed by atoms with Gasteiger partial charge in [-0.25, -0.2) is 4.57 Å². The molecular weight excluding hydrogens is 755 g/mol. The smallest absolute Gasteiger partial charge is 0.303 e. The van der Waals surface area contributed by atoms with Crippen LogP contribution in [0.4, 0.5) is 52.7 Å². The molecule has 0 amide bonds. The third-order valence-electron chi connectivity index (χ3n) is 7.86. The molecule has 0 aromatic heterocycles. The van der Waals surface area contributed by atoms with E-state index in [0.29, 0.717) is 45.8 Å². The van der Waals surface area contributed by atoms with Gasteiger partial charge in [-0.15, -0.1) is 0 Å². The molecule has 6 rings (SSSR count). The number of phosphoric acid groups is 1. The quantitative estimate of drug-likeness (QED) is 0.124. The summed E-state index contributed by atoms with van der Waals surface area (Å²) in [6.45, 7) is 0. The predicted octanol–water partition coefficient (Wildman–Crippen LogP) is 12.1. The Kier molecular flexibility index (Phi) is 10.3. The second-order valence-corrected chi connectivity index (χ2v) is 12.6. The highest BCUT2D eigenvalue weighted by molar-refractivity contribution is 7.45. The fraction of sp³-hybridized carbons (Fsp3) is 0.111. The van der Waals surface area contributed by atoms with Crippen molar-refractivity contribution < 1.29 is 71.9 Å². The molecule has 0 saturated carbocycles. The fourth-order valence-electron chi connectivity index (χ4n) is 5.64. The lowest BCUT2D eigenvalue weighted by Crippen LogP contribution is -2.11. The van der Waals surface area contributed by atoms with Crippen molar-refractivity contribution in [1.29, 1.82) is 0 Å². The lowest BCUT2D eigenvalue weighted by atomic mass is 9.87. The first-order chi connectivity index (χ1) is 24.3. The Hall–Kier alpha value is -4.89. The molecule has 4 nitrogen and oxygen atoms in total. The summed E-state index contributed by atoms with van der Waals surface area (Å²) in [5, 5.41) is 1.77. The summed E-state index contributed by atoms with van der Waals surface area (Å²) in [7, 11) is -4.64. The lowest BCUT2D eigenvalue weighted by molar-refractivity contribution is -0.144. The van der Waals surface area contributed by atoms with Gasteiger partial charge < -0.3 is 14.7 Å². The van der Waals surface area contributed by atoms with Crippen LogP contribution in [0.2, 0.25) is 0 Å². The van der Waals surface area contributed by atoms with E-state index in [1.807, 2.05) is 0 Å². The highest BCUT2D eigenvalue weighted by Crippen LogP contribution is 2.44. The van der Waals surface area contributed by atoms with E-state index in [0.717, 1.165) is 0 Å². The first-order valence-electron chi connectivity index (χ1n) is 14.7. The zero-order valence-electron chi connectivity index (χ0n) is 26.1. The van der Waals surface area contributed by atoms with Gasteiger partial charge in [-0.2, -0.15) is 52.7 Å². The van der Waals surface area contributed by atoms with Crippen LogP contribution in [0.25, 0.3) is 54.9 Å². The number of benzene rings is 6. The number of hydrogen-bond donors (Lipinski definition) is 3.